The third-order valence-corrected chi connectivity index (χ3v) is 2.90. The second kappa shape index (κ2) is 7.02. The lowest BCUT2D eigenvalue weighted by atomic mass is 9.98. The van der Waals surface area contributed by atoms with Gasteiger partial charge in [0.15, 0.2) is 5.92 Å². The summed E-state index contributed by atoms with van der Waals surface area (Å²) in [5, 5.41) is 0. The maximum Gasteiger partial charge on any atom is 0.416 e. The molecule has 0 saturated heterocycles. The fourth-order valence-corrected chi connectivity index (χ4v) is 1.84. The van der Waals surface area contributed by atoms with E-state index >= 15 is 0 Å². The van der Waals surface area contributed by atoms with Crippen LogP contribution in [0.3, 0.4) is 0 Å². The first-order valence-corrected chi connectivity index (χ1v) is 6.91. The van der Waals surface area contributed by atoms with E-state index in [1.807, 2.05) is 0 Å². The molecule has 1 rings (SSSR count). The van der Waals surface area contributed by atoms with Crippen LogP contribution < -0.4 is 0 Å². The molecule has 7 heteroatoms. The van der Waals surface area contributed by atoms with Crippen LogP contribution in [0, 0.1) is 5.92 Å². The largest absolute Gasteiger partial charge is 0.468 e. The minimum Gasteiger partial charge on any atom is -0.468 e. The van der Waals surface area contributed by atoms with E-state index in [0.717, 1.165) is 19.2 Å². The zero-order valence-electron chi connectivity index (χ0n) is 13.4. The molecule has 1 atom stereocenters. The van der Waals surface area contributed by atoms with Crippen molar-refractivity contribution in [3.63, 3.8) is 0 Å². The molecule has 1 aromatic rings. The molecule has 0 aliphatic carbocycles. The molecule has 0 aliphatic heterocycles. The lowest BCUT2D eigenvalue weighted by Crippen LogP contribution is -2.34. The van der Waals surface area contributed by atoms with E-state index in [9.17, 15) is 22.8 Å². The van der Waals surface area contributed by atoms with Gasteiger partial charge in [0.1, 0.15) is 5.60 Å². The van der Waals surface area contributed by atoms with Gasteiger partial charge in [0.25, 0.3) is 0 Å². The van der Waals surface area contributed by atoms with Crippen molar-refractivity contribution < 1.29 is 32.2 Å². The summed E-state index contributed by atoms with van der Waals surface area (Å²) in [6, 6.07) is 4.25. The molecule has 0 aliphatic rings. The van der Waals surface area contributed by atoms with E-state index < -0.39 is 35.2 Å². The molecule has 1 aromatic carbocycles. The Morgan fingerprint density at radius 1 is 1.04 bits per heavy atom. The van der Waals surface area contributed by atoms with E-state index in [1.54, 1.807) is 20.8 Å². The van der Waals surface area contributed by atoms with Crippen LogP contribution >= 0.6 is 0 Å². The molecule has 0 bridgehead atoms. The predicted octanol–water partition coefficient (Wildman–Crippen LogP) is 3.38. The van der Waals surface area contributed by atoms with Crippen molar-refractivity contribution in [1.82, 2.24) is 0 Å². The third-order valence-electron chi connectivity index (χ3n) is 2.90. The highest BCUT2D eigenvalue weighted by Crippen LogP contribution is 2.29. The zero-order valence-corrected chi connectivity index (χ0v) is 13.4. The summed E-state index contributed by atoms with van der Waals surface area (Å²) in [4.78, 5) is 23.9. The van der Waals surface area contributed by atoms with Gasteiger partial charge in [-0.15, -0.1) is 0 Å². The Hall–Kier alpha value is -2.05. The third kappa shape index (κ3) is 5.92. The minimum absolute atomic E-state index is 0.0975. The van der Waals surface area contributed by atoms with E-state index in [0.29, 0.717) is 5.56 Å². The first-order chi connectivity index (χ1) is 10.4. The number of alkyl halides is 3. The molecule has 0 unspecified atom stereocenters. The predicted molar refractivity (Wildman–Crippen MR) is 76.5 cm³/mol. The summed E-state index contributed by atoms with van der Waals surface area (Å²) < 4.78 is 47.3. The second-order valence-corrected chi connectivity index (χ2v) is 6.01. The second-order valence-electron chi connectivity index (χ2n) is 6.01. The summed E-state index contributed by atoms with van der Waals surface area (Å²) in [6.45, 7) is 4.95. The molecule has 23 heavy (non-hydrogen) atoms. The highest BCUT2D eigenvalue weighted by molar-refractivity contribution is 5.95. The quantitative estimate of drug-likeness (QED) is 0.626. The van der Waals surface area contributed by atoms with Crippen molar-refractivity contribution in [3.05, 3.63) is 35.4 Å². The number of hydrogen-bond donors (Lipinski definition) is 0. The van der Waals surface area contributed by atoms with Crippen LogP contribution in [0.25, 0.3) is 0 Å². The van der Waals surface area contributed by atoms with Gasteiger partial charge in [-0.1, -0.05) is 12.1 Å². The number of rotatable bonds is 4. The van der Waals surface area contributed by atoms with Crippen LogP contribution in [0.2, 0.25) is 0 Å². The Kier molecular flexibility index (Phi) is 5.80. The monoisotopic (exact) mass is 332 g/mol. The standard InChI is InChI=1S/C16H19F3O4/c1-15(2,3)23-14(21)12(13(20)22-4)9-10-5-7-11(8-6-10)16(17,18)19/h5-8,12H,9H2,1-4H3/t12-/m0/s1. The maximum atomic E-state index is 12.5. The van der Waals surface area contributed by atoms with E-state index in [4.69, 9.17) is 4.74 Å². The highest BCUT2D eigenvalue weighted by Gasteiger charge is 2.33. The molecule has 4 nitrogen and oxygen atoms in total. The van der Waals surface area contributed by atoms with Crippen molar-refractivity contribution in [1.29, 1.82) is 0 Å². The SMILES string of the molecule is COC(=O)[C@H](Cc1ccc(C(F)(F)F)cc1)C(=O)OC(C)(C)C. The topological polar surface area (TPSA) is 52.6 Å². The number of carbonyl (C=O) groups excluding carboxylic acids is 2. The first kappa shape index (κ1) is 19.0. The van der Waals surface area contributed by atoms with Gasteiger partial charge in [-0.2, -0.15) is 13.2 Å². The lowest BCUT2D eigenvalue weighted by Gasteiger charge is -2.23. The van der Waals surface area contributed by atoms with E-state index in [2.05, 4.69) is 4.74 Å². The minimum atomic E-state index is -4.44. The number of hydrogen-bond acceptors (Lipinski definition) is 4. The van der Waals surface area contributed by atoms with Crippen molar-refractivity contribution in [2.24, 2.45) is 5.92 Å². The van der Waals surface area contributed by atoms with Gasteiger partial charge in [-0.3, -0.25) is 9.59 Å². The summed E-state index contributed by atoms with van der Waals surface area (Å²) in [5.41, 5.74) is -1.18. The number of halogens is 3. The average Bonchev–Trinajstić information content (AvgIpc) is 2.41. The smallest absolute Gasteiger partial charge is 0.416 e. The number of carbonyl (C=O) groups is 2. The van der Waals surface area contributed by atoms with Crippen LogP contribution in [0.15, 0.2) is 24.3 Å². The molecule has 0 radical (unpaired) electrons. The van der Waals surface area contributed by atoms with Crippen LogP contribution in [0.1, 0.15) is 31.9 Å². The normalized spacial score (nSPS) is 13.3. The van der Waals surface area contributed by atoms with Gasteiger partial charge in [0.05, 0.1) is 12.7 Å². The van der Waals surface area contributed by atoms with E-state index in [-0.39, 0.29) is 6.42 Å². The van der Waals surface area contributed by atoms with Gasteiger partial charge >= 0.3 is 18.1 Å². The molecule has 0 N–H and O–H groups in total. The Morgan fingerprint density at radius 2 is 1.57 bits per heavy atom. The molecule has 0 spiro atoms. The maximum absolute atomic E-state index is 12.5. The number of methoxy groups -OCH3 is 1. The zero-order chi connectivity index (χ0) is 17.8. The molecule has 0 heterocycles. The summed E-state index contributed by atoms with van der Waals surface area (Å²) >= 11 is 0. The summed E-state index contributed by atoms with van der Waals surface area (Å²) in [5.74, 6) is -2.79. The van der Waals surface area contributed by atoms with Crippen molar-refractivity contribution >= 4 is 11.9 Å². The Morgan fingerprint density at radius 3 is 1.96 bits per heavy atom. The fourth-order valence-electron chi connectivity index (χ4n) is 1.84. The van der Waals surface area contributed by atoms with Crippen molar-refractivity contribution in [2.45, 2.75) is 39.0 Å². The molecular weight excluding hydrogens is 313 g/mol. The van der Waals surface area contributed by atoms with Crippen LogP contribution in [0.5, 0.6) is 0 Å². The number of benzene rings is 1. The first-order valence-electron chi connectivity index (χ1n) is 6.91. The molecule has 0 fully saturated rings. The summed E-state index contributed by atoms with van der Waals surface area (Å²) in [6.07, 6.45) is -4.54. The molecular formula is C16H19F3O4. The Balaban J connectivity index is 2.94. The van der Waals surface area contributed by atoms with Crippen LogP contribution in [0.4, 0.5) is 13.2 Å². The molecule has 0 amide bonds. The van der Waals surface area contributed by atoms with Crippen LogP contribution in [-0.4, -0.2) is 24.6 Å². The van der Waals surface area contributed by atoms with Gasteiger partial charge < -0.3 is 9.47 Å². The number of ether oxygens (including phenoxy) is 2. The highest BCUT2D eigenvalue weighted by atomic mass is 19.4. The van der Waals surface area contributed by atoms with E-state index in [1.165, 1.54) is 12.1 Å². The van der Waals surface area contributed by atoms with Gasteiger partial charge in [0, 0.05) is 0 Å². The fraction of sp³-hybridized carbons (Fsp3) is 0.500. The molecule has 0 saturated carbocycles. The summed E-state index contributed by atoms with van der Waals surface area (Å²) in [7, 11) is 1.13. The average molecular weight is 332 g/mol. The van der Waals surface area contributed by atoms with Gasteiger partial charge in [0.2, 0.25) is 0 Å². The molecule has 0 aromatic heterocycles. The Labute approximate surface area is 132 Å². The van der Waals surface area contributed by atoms with Crippen molar-refractivity contribution in [3.8, 4) is 0 Å². The van der Waals surface area contributed by atoms with Crippen molar-refractivity contribution in [2.75, 3.05) is 7.11 Å². The van der Waals surface area contributed by atoms with Crippen LogP contribution in [-0.2, 0) is 31.7 Å². The Bertz CT molecular complexity index is 556. The van der Waals surface area contributed by atoms with Gasteiger partial charge in [-0.25, -0.2) is 0 Å². The number of esters is 2. The lowest BCUT2D eigenvalue weighted by molar-refractivity contribution is -0.168. The van der Waals surface area contributed by atoms with Gasteiger partial charge in [-0.05, 0) is 44.9 Å². The molecule has 128 valence electrons.